The van der Waals surface area contributed by atoms with Crippen LogP contribution in [-0.4, -0.2) is 21.7 Å². The summed E-state index contributed by atoms with van der Waals surface area (Å²) in [7, 11) is 1.64. The van der Waals surface area contributed by atoms with Crippen molar-refractivity contribution >= 4 is 28.4 Å². The van der Waals surface area contributed by atoms with E-state index in [0.29, 0.717) is 15.3 Å². The van der Waals surface area contributed by atoms with Crippen LogP contribution in [0.15, 0.2) is 59.4 Å². The van der Waals surface area contributed by atoms with Gasteiger partial charge in [0.2, 0.25) is 4.96 Å². The molecule has 0 saturated heterocycles. The Balaban J connectivity index is 1.70. The first-order chi connectivity index (χ1) is 13.2. The van der Waals surface area contributed by atoms with Crippen molar-refractivity contribution in [2.45, 2.75) is 6.92 Å². The molecular weight excluding hydrogens is 358 g/mol. The van der Waals surface area contributed by atoms with E-state index in [1.165, 1.54) is 15.9 Å². The van der Waals surface area contributed by atoms with E-state index < -0.39 is 0 Å². The molecule has 0 spiro atoms. The third-order valence-electron chi connectivity index (χ3n) is 4.23. The minimum absolute atomic E-state index is 0.160. The van der Waals surface area contributed by atoms with E-state index in [-0.39, 0.29) is 5.56 Å². The van der Waals surface area contributed by atoms with Crippen molar-refractivity contribution in [2.24, 2.45) is 0 Å². The monoisotopic (exact) mass is 375 g/mol. The van der Waals surface area contributed by atoms with Crippen molar-refractivity contribution < 1.29 is 4.74 Å². The lowest BCUT2D eigenvalue weighted by atomic mass is 10.1. The van der Waals surface area contributed by atoms with Gasteiger partial charge in [0.1, 0.15) is 5.75 Å². The molecule has 27 heavy (non-hydrogen) atoms. The molecule has 2 aromatic carbocycles. The number of ether oxygens (including phenoxy) is 1. The molecule has 0 aliphatic carbocycles. The second-order valence-corrected chi connectivity index (χ2v) is 6.99. The van der Waals surface area contributed by atoms with Gasteiger partial charge in [-0.3, -0.25) is 4.79 Å². The van der Waals surface area contributed by atoms with Crippen LogP contribution in [0.5, 0.6) is 5.75 Å². The van der Waals surface area contributed by atoms with Crippen molar-refractivity contribution in [1.29, 1.82) is 0 Å². The number of aryl methyl sites for hydroxylation is 1. The Morgan fingerprint density at radius 1 is 1.11 bits per heavy atom. The highest BCUT2D eigenvalue weighted by Gasteiger charge is 2.12. The average Bonchev–Trinajstić information content (AvgIpc) is 3.22. The van der Waals surface area contributed by atoms with E-state index in [1.807, 2.05) is 67.6 Å². The van der Waals surface area contributed by atoms with Gasteiger partial charge in [-0.25, -0.2) is 0 Å². The largest absolute Gasteiger partial charge is 0.496 e. The molecule has 0 saturated carbocycles. The first-order valence-electron chi connectivity index (χ1n) is 8.44. The van der Waals surface area contributed by atoms with E-state index in [2.05, 4.69) is 10.1 Å². The minimum Gasteiger partial charge on any atom is -0.496 e. The zero-order chi connectivity index (χ0) is 18.8. The minimum atomic E-state index is -0.160. The smallest absolute Gasteiger partial charge is 0.291 e. The summed E-state index contributed by atoms with van der Waals surface area (Å²) in [4.78, 5) is 17.7. The van der Waals surface area contributed by atoms with Crippen LogP contribution in [-0.2, 0) is 0 Å². The van der Waals surface area contributed by atoms with Gasteiger partial charge in [0.25, 0.3) is 5.56 Å². The SMILES string of the molecule is COc1ccccc1/C=C/C=c1\sc2nc(-c3ccccc3C)nn2c1=O. The molecule has 0 aliphatic heterocycles. The number of nitrogens with zero attached hydrogens (tertiary/aromatic N) is 3. The highest BCUT2D eigenvalue weighted by molar-refractivity contribution is 7.15. The van der Waals surface area contributed by atoms with Crippen LogP contribution in [0.1, 0.15) is 11.1 Å². The van der Waals surface area contributed by atoms with Crippen molar-refractivity contribution in [3.63, 3.8) is 0 Å². The van der Waals surface area contributed by atoms with E-state index in [4.69, 9.17) is 4.74 Å². The third kappa shape index (κ3) is 3.27. The lowest BCUT2D eigenvalue weighted by molar-refractivity contribution is 0.414. The number of hydrogen-bond donors (Lipinski definition) is 0. The summed E-state index contributed by atoms with van der Waals surface area (Å²) in [6.07, 6.45) is 5.53. The molecule has 2 heterocycles. The molecule has 0 unspecified atom stereocenters. The van der Waals surface area contributed by atoms with Crippen LogP contribution < -0.4 is 14.8 Å². The number of benzene rings is 2. The van der Waals surface area contributed by atoms with Gasteiger partial charge in [-0.1, -0.05) is 66.0 Å². The fourth-order valence-corrected chi connectivity index (χ4v) is 3.69. The number of rotatable bonds is 4. The maximum atomic E-state index is 12.6. The molecule has 4 aromatic rings. The normalized spacial score (nSPS) is 12.3. The summed E-state index contributed by atoms with van der Waals surface area (Å²) in [5.74, 6) is 1.36. The van der Waals surface area contributed by atoms with E-state index >= 15 is 0 Å². The quantitative estimate of drug-likeness (QED) is 0.549. The van der Waals surface area contributed by atoms with Gasteiger partial charge >= 0.3 is 0 Å². The Bertz CT molecular complexity index is 1250. The Hall–Kier alpha value is -3.25. The number of aromatic nitrogens is 3. The lowest BCUT2D eigenvalue weighted by Gasteiger charge is -2.02. The first-order valence-corrected chi connectivity index (χ1v) is 9.26. The molecule has 0 atom stereocenters. The predicted octanol–water partition coefficient (Wildman–Crippen LogP) is 3.35. The van der Waals surface area contributed by atoms with Gasteiger partial charge < -0.3 is 4.74 Å². The van der Waals surface area contributed by atoms with Crippen molar-refractivity contribution in [3.8, 4) is 17.1 Å². The lowest BCUT2D eigenvalue weighted by Crippen LogP contribution is -2.23. The molecule has 5 nitrogen and oxygen atoms in total. The number of thiazole rings is 1. The second-order valence-electron chi connectivity index (χ2n) is 5.98. The topological polar surface area (TPSA) is 56.5 Å². The van der Waals surface area contributed by atoms with Crippen LogP contribution in [0.4, 0.5) is 0 Å². The van der Waals surface area contributed by atoms with E-state index in [9.17, 15) is 4.79 Å². The Kier molecular flexibility index (Phi) is 4.56. The van der Waals surface area contributed by atoms with Crippen LogP contribution >= 0.6 is 11.3 Å². The molecule has 6 heteroatoms. The Morgan fingerprint density at radius 2 is 1.89 bits per heavy atom. The first kappa shape index (κ1) is 17.2. The van der Waals surface area contributed by atoms with Crippen LogP contribution in [0.2, 0.25) is 0 Å². The maximum absolute atomic E-state index is 12.6. The molecule has 0 bridgehead atoms. The van der Waals surface area contributed by atoms with Gasteiger partial charge in [0.05, 0.1) is 11.6 Å². The molecule has 0 radical (unpaired) electrons. The van der Waals surface area contributed by atoms with Crippen LogP contribution in [0.25, 0.3) is 28.5 Å². The molecular formula is C21H17N3O2S. The van der Waals surface area contributed by atoms with Gasteiger partial charge in [-0.15, -0.1) is 5.10 Å². The zero-order valence-corrected chi connectivity index (χ0v) is 15.7. The fourth-order valence-electron chi connectivity index (χ4n) is 2.83. The van der Waals surface area contributed by atoms with E-state index in [1.54, 1.807) is 13.2 Å². The van der Waals surface area contributed by atoms with Crippen LogP contribution in [0, 0.1) is 6.92 Å². The fraction of sp³-hybridized carbons (Fsp3) is 0.0952. The number of hydrogen-bond acceptors (Lipinski definition) is 5. The molecule has 4 rings (SSSR count). The third-order valence-corrected chi connectivity index (χ3v) is 5.21. The maximum Gasteiger partial charge on any atom is 0.291 e. The van der Waals surface area contributed by atoms with Gasteiger partial charge in [-0.05, 0) is 24.6 Å². The van der Waals surface area contributed by atoms with Gasteiger partial charge in [0.15, 0.2) is 5.82 Å². The second kappa shape index (κ2) is 7.17. The summed E-state index contributed by atoms with van der Waals surface area (Å²) >= 11 is 1.33. The van der Waals surface area contributed by atoms with Gasteiger partial charge in [0, 0.05) is 11.1 Å². The van der Waals surface area contributed by atoms with Crippen molar-refractivity contribution in [3.05, 3.63) is 80.6 Å². The van der Waals surface area contributed by atoms with Crippen LogP contribution in [0.3, 0.4) is 0 Å². The Morgan fingerprint density at radius 3 is 2.67 bits per heavy atom. The van der Waals surface area contributed by atoms with Crippen molar-refractivity contribution in [2.75, 3.05) is 7.11 Å². The number of fused-ring (bicyclic) bond motifs is 1. The molecule has 0 N–H and O–H groups in total. The summed E-state index contributed by atoms with van der Waals surface area (Å²) in [5.41, 5.74) is 2.81. The van der Waals surface area contributed by atoms with Crippen molar-refractivity contribution in [1.82, 2.24) is 14.6 Å². The molecule has 134 valence electrons. The standard InChI is InChI=1S/C21H17N3O2S/c1-14-8-3-5-11-16(14)19-22-21-24(23-19)20(25)18(27-21)13-7-10-15-9-4-6-12-17(15)26-2/h3-13H,1-2H3/b10-7+,18-13-. The molecule has 0 aliphatic rings. The summed E-state index contributed by atoms with van der Waals surface area (Å²) < 4.78 is 7.28. The number of allylic oxidation sites excluding steroid dienone is 1. The molecule has 2 aromatic heterocycles. The highest BCUT2D eigenvalue weighted by atomic mass is 32.1. The Labute approximate surface area is 159 Å². The van der Waals surface area contributed by atoms with E-state index in [0.717, 1.165) is 22.4 Å². The molecule has 0 fully saturated rings. The average molecular weight is 375 g/mol. The van der Waals surface area contributed by atoms with Gasteiger partial charge in [-0.2, -0.15) is 9.50 Å². The highest BCUT2D eigenvalue weighted by Crippen LogP contribution is 2.20. The predicted molar refractivity (Wildman–Crippen MR) is 109 cm³/mol. The molecule has 0 amide bonds. The summed E-state index contributed by atoms with van der Waals surface area (Å²) in [5, 5.41) is 4.40. The summed E-state index contributed by atoms with van der Waals surface area (Å²) in [6.45, 7) is 2.00. The summed E-state index contributed by atoms with van der Waals surface area (Å²) in [6, 6.07) is 15.6. The zero-order valence-electron chi connectivity index (χ0n) is 14.9. The number of para-hydroxylation sites is 1. The number of methoxy groups -OCH3 is 1.